The molecule has 0 radical (unpaired) electrons. The molecule has 0 rings (SSSR count). The van der Waals surface area contributed by atoms with Gasteiger partial charge >= 0.3 is 18.1 Å². The first-order valence-electron chi connectivity index (χ1n) is 5.03. The highest BCUT2D eigenvalue weighted by Gasteiger charge is 2.33. The molecule has 9 N–H and O–H groups in total. The summed E-state index contributed by atoms with van der Waals surface area (Å²) in [5.74, 6) is -1.60. The van der Waals surface area contributed by atoms with Crippen LogP contribution in [0.2, 0.25) is 6.04 Å². The third-order valence-corrected chi connectivity index (χ3v) is 2.96. The molecule has 0 aliphatic rings. The van der Waals surface area contributed by atoms with Crippen LogP contribution >= 0.6 is 0 Å². The Balaban J connectivity index is 4.90. The highest BCUT2D eigenvalue weighted by molar-refractivity contribution is 6.26. The lowest BCUT2D eigenvalue weighted by Gasteiger charge is -2.34. The van der Waals surface area contributed by atoms with Gasteiger partial charge in [-0.2, -0.15) is 0 Å². The van der Waals surface area contributed by atoms with Gasteiger partial charge in [-0.3, -0.25) is 16.0 Å². The van der Waals surface area contributed by atoms with Crippen LogP contribution in [0.1, 0.15) is 6.42 Å². The van der Waals surface area contributed by atoms with Gasteiger partial charge in [-0.15, -0.1) is 0 Å². The largest absolute Gasteiger partial charge is 0.427 e. The first-order chi connectivity index (χ1) is 8.31. The Hall–Kier alpha value is -2.01. The average Bonchev–Trinajstić information content (AvgIpc) is 2.13. The average molecular weight is 278 g/mol. The van der Waals surface area contributed by atoms with E-state index >= 15 is 0 Å². The maximum absolute atomic E-state index is 10.9. The fourth-order valence-corrected chi connectivity index (χ4v) is 2.36. The van der Waals surface area contributed by atoms with E-state index in [0.717, 1.165) is 0 Å². The van der Waals surface area contributed by atoms with Crippen LogP contribution in [0, 0.1) is 0 Å². The molecular formula is C7H18N6O4Si. The Labute approximate surface area is 106 Å². The van der Waals surface area contributed by atoms with Crippen molar-refractivity contribution in [3.05, 3.63) is 0 Å². The van der Waals surface area contributed by atoms with Gasteiger partial charge < -0.3 is 21.6 Å². The van der Waals surface area contributed by atoms with Crippen LogP contribution in [0.15, 0.2) is 0 Å². The van der Waals surface area contributed by atoms with E-state index in [4.69, 9.17) is 21.6 Å². The zero-order valence-corrected chi connectivity index (χ0v) is 11.4. The molecule has 0 aliphatic carbocycles. The standard InChI is InChI=1S/C7H18N6O4Si/c1-17-18-3-2-7(11-4(8)14,12-5(9)15)13-6(10)16/h2-3,18H2,1H3,(H3,8,11,14)(H3,9,12,15)(H3,10,13,16). The van der Waals surface area contributed by atoms with Crippen molar-refractivity contribution in [3.8, 4) is 0 Å². The molecule has 0 saturated heterocycles. The number of primary amides is 3. The molecule has 0 saturated carbocycles. The lowest BCUT2D eigenvalue weighted by molar-refractivity contribution is 0.182. The summed E-state index contributed by atoms with van der Waals surface area (Å²) in [6.07, 6.45) is 0.155. The third-order valence-electron chi connectivity index (χ3n) is 1.91. The summed E-state index contributed by atoms with van der Waals surface area (Å²) >= 11 is 0. The number of rotatable bonds is 7. The summed E-state index contributed by atoms with van der Waals surface area (Å²) in [5, 5.41) is 6.59. The van der Waals surface area contributed by atoms with Crippen LogP contribution in [0.25, 0.3) is 0 Å². The fraction of sp³-hybridized carbons (Fsp3) is 0.571. The summed E-state index contributed by atoms with van der Waals surface area (Å²) in [6, 6.07) is -2.30. The summed E-state index contributed by atoms with van der Waals surface area (Å²) < 4.78 is 4.96. The second kappa shape index (κ2) is 7.34. The number of hydrogen-bond acceptors (Lipinski definition) is 4. The van der Waals surface area contributed by atoms with Gasteiger partial charge in [0.15, 0.2) is 15.5 Å². The number of amides is 6. The number of nitrogens with two attached hydrogens (primary N) is 3. The van der Waals surface area contributed by atoms with Crippen LogP contribution in [0.3, 0.4) is 0 Å². The van der Waals surface area contributed by atoms with Crippen molar-refractivity contribution in [3.63, 3.8) is 0 Å². The van der Waals surface area contributed by atoms with E-state index in [9.17, 15) is 14.4 Å². The number of urea groups is 3. The van der Waals surface area contributed by atoms with Crippen molar-refractivity contribution in [1.82, 2.24) is 16.0 Å². The quantitative estimate of drug-likeness (QED) is 0.167. The molecule has 11 heteroatoms. The Morgan fingerprint density at radius 1 is 1.06 bits per heavy atom. The molecule has 0 bridgehead atoms. The second-order valence-electron chi connectivity index (χ2n) is 3.47. The lowest BCUT2D eigenvalue weighted by Crippen LogP contribution is -2.72. The molecule has 0 aromatic heterocycles. The van der Waals surface area contributed by atoms with Crippen molar-refractivity contribution in [2.75, 3.05) is 7.11 Å². The first-order valence-corrected chi connectivity index (χ1v) is 6.61. The molecule has 0 spiro atoms. The van der Waals surface area contributed by atoms with Crippen molar-refractivity contribution >= 4 is 27.9 Å². The molecule has 0 unspecified atom stereocenters. The molecule has 0 fully saturated rings. The van der Waals surface area contributed by atoms with E-state index in [1.807, 2.05) is 0 Å². The summed E-state index contributed by atoms with van der Waals surface area (Å²) in [5.41, 5.74) is 14.9. The van der Waals surface area contributed by atoms with E-state index in [2.05, 4.69) is 16.0 Å². The van der Waals surface area contributed by atoms with Crippen LogP contribution in [0.5, 0.6) is 0 Å². The van der Waals surface area contributed by atoms with Gasteiger partial charge in [0.05, 0.1) is 0 Å². The Kier molecular flexibility index (Phi) is 6.52. The van der Waals surface area contributed by atoms with Gasteiger partial charge in [-0.05, 0) is 6.04 Å². The van der Waals surface area contributed by atoms with Gasteiger partial charge in [-0.25, -0.2) is 14.4 Å². The van der Waals surface area contributed by atoms with Crippen molar-refractivity contribution in [1.29, 1.82) is 0 Å². The minimum Gasteiger partial charge on any atom is -0.427 e. The topological polar surface area (TPSA) is 175 Å². The number of carbonyl (C=O) groups is 3. The van der Waals surface area contributed by atoms with Gasteiger partial charge in [0.1, 0.15) is 0 Å². The monoisotopic (exact) mass is 278 g/mol. The highest BCUT2D eigenvalue weighted by Crippen LogP contribution is 2.06. The smallest absolute Gasteiger partial charge is 0.315 e. The zero-order valence-electron chi connectivity index (χ0n) is 9.99. The van der Waals surface area contributed by atoms with Gasteiger partial charge in [-0.1, -0.05) is 0 Å². The predicted molar refractivity (Wildman–Crippen MR) is 65.9 cm³/mol. The van der Waals surface area contributed by atoms with E-state index in [1.54, 1.807) is 7.11 Å². The van der Waals surface area contributed by atoms with Crippen LogP contribution in [0.4, 0.5) is 14.4 Å². The number of hydrogen-bond donors (Lipinski definition) is 6. The normalized spacial score (nSPS) is 11.2. The van der Waals surface area contributed by atoms with Gasteiger partial charge in [0.2, 0.25) is 0 Å². The Bertz CT molecular complexity index is 284. The van der Waals surface area contributed by atoms with Crippen LogP contribution in [-0.4, -0.2) is 40.8 Å². The van der Waals surface area contributed by atoms with Crippen LogP contribution in [-0.2, 0) is 4.43 Å². The highest BCUT2D eigenvalue weighted by atomic mass is 28.2. The molecule has 6 amide bonds. The molecule has 0 aromatic carbocycles. The number of nitrogens with one attached hydrogen (secondary N) is 3. The molecular weight excluding hydrogens is 260 g/mol. The summed E-state index contributed by atoms with van der Waals surface area (Å²) in [6.45, 7) is 0. The number of carbonyl (C=O) groups excluding carboxylic acids is 3. The third kappa shape index (κ3) is 6.54. The molecule has 0 atom stereocenters. The van der Waals surface area contributed by atoms with Gasteiger partial charge in [0, 0.05) is 13.5 Å². The second-order valence-corrected chi connectivity index (χ2v) is 5.16. The predicted octanol–water partition coefficient (Wildman–Crippen LogP) is -2.82. The lowest BCUT2D eigenvalue weighted by atomic mass is 10.2. The Morgan fingerprint density at radius 3 is 1.72 bits per heavy atom. The van der Waals surface area contributed by atoms with E-state index < -0.39 is 33.6 Å². The van der Waals surface area contributed by atoms with E-state index in [-0.39, 0.29) is 6.42 Å². The SMILES string of the molecule is CO[SiH2]CCC(NC(N)=O)(NC(N)=O)NC(N)=O. The zero-order chi connectivity index (χ0) is 14.2. The van der Waals surface area contributed by atoms with E-state index in [1.165, 1.54) is 0 Å². The molecule has 104 valence electrons. The summed E-state index contributed by atoms with van der Waals surface area (Å²) in [4.78, 5) is 32.8. The molecule has 10 nitrogen and oxygen atoms in total. The molecule has 0 aromatic rings. The van der Waals surface area contributed by atoms with Crippen molar-refractivity contribution in [2.24, 2.45) is 17.2 Å². The molecule has 0 aliphatic heterocycles. The summed E-state index contributed by atoms with van der Waals surface area (Å²) in [7, 11) is 0.704. The Morgan fingerprint density at radius 2 is 1.44 bits per heavy atom. The fourth-order valence-electron chi connectivity index (χ4n) is 1.39. The van der Waals surface area contributed by atoms with E-state index in [0.29, 0.717) is 6.04 Å². The molecule has 0 heterocycles. The van der Waals surface area contributed by atoms with Gasteiger partial charge in [0.25, 0.3) is 0 Å². The maximum Gasteiger partial charge on any atom is 0.315 e. The van der Waals surface area contributed by atoms with Crippen LogP contribution < -0.4 is 33.2 Å². The minimum absolute atomic E-state index is 0.155. The van der Waals surface area contributed by atoms with Crippen molar-refractivity contribution in [2.45, 2.75) is 18.3 Å². The molecule has 18 heavy (non-hydrogen) atoms. The maximum atomic E-state index is 10.9. The van der Waals surface area contributed by atoms with Crippen molar-refractivity contribution < 1.29 is 18.8 Å². The minimum atomic E-state index is -1.60. The first kappa shape index (κ1) is 16.0.